The van der Waals surface area contributed by atoms with Gasteiger partial charge in [-0.1, -0.05) is 18.0 Å². The van der Waals surface area contributed by atoms with Gasteiger partial charge in [0.25, 0.3) is 0 Å². The van der Waals surface area contributed by atoms with Crippen molar-refractivity contribution in [2.45, 2.75) is 43.3 Å². The van der Waals surface area contributed by atoms with Gasteiger partial charge in [0.2, 0.25) is 0 Å². The van der Waals surface area contributed by atoms with Crippen molar-refractivity contribution in [3.63, 3.8) is 0 Å². The van der Waals surface area contributed by atoms with Crippen molar-refractivity contribution in [3.8, 4) is 0 Å². The first-order chi connectivity index (χ1) is 7.72. The van der Waals surface area contributed by atoms with E-state index in [0.29, 0.717) is 17.0 Å². The van der Waals surface area contributed by atoms with E-state index in [1.807, 2.05) is 11.8 Å². The zero-order valence-electron chi connectivity index (χ0n) is 10.0. The van der Waals surface area contributed by atoms with Gasteiger partial charge in [0.15, 0.2) is 0 Å². The first-order valence-electron chi connectivity index (χ1n) is 5.95. The van der Waals surface area contributed by atoms with Crippen LogP contribution in [0.5, 0.6) is 0 Å². The molecule has 0 atom stereocenters. The van der Waals surface area contributed by atoms with E-state index in [1.54, 1.807) is 0 Å². The number of rotatable bonds is 7. The lowest BCUT2D eigenvalue weighted by atomic mass is 10.1. The van der Waals surface area contributed by atoms with Crippen LogP contribution in [-0.4, -0.2) is 35.1 Å². The Bertz CT molecular complexity index is 227. The largest absolute Gasteiger partial charge is 0.409 e. The summed E-state index contributed by atoms with van der Waals surface area (Å²) in [4.78, 5) is 0. The zero-order chi connectivity index (χ0) is 11.9. The Morgan fingerprint density at radius 2 is 2.19 bits per heavy atom. The van der Waals surface area contributed by atoms with Gasteiger partial charge in [0, 0.05) is 17.7 Å². The molecule has 16 heavy (non-hydrogen) atoms. The van der Waals surface area contributed by atoms with Gasteiger partial charge >= 0.3 is 0 Å². The second kappa shape index (κ2) is 7.01. The molecule has 0 spiro atoms. The van der Waals surface area contributed by atoms with Gasteiger partial charge < -0.3 is 16.3 Å². The summed E-state index contributed by atoms with van der Waals surface area (Å²) in [6, 6.07) is 0. The first-order valence-corrected chi connectivity index (χ1v) is 7.17. The molecule has 1 rings (SSSR count). The Labute approximate surface area is 102 Å². The highest BCUT2D eigenvalue weighted by Gasteiger charge is 2.32. The minimum absolute atomic E-state index is 0.322. The number of nitrogens with zero attached hydrogens (tertiary/aromatic N) is 1. The Morgan fingerprint density at radius 1 is 1.50 bits per heavy atom. The van der Waals surface area contributed by atoms with Crippen molar-refractivity contribution >= 4 is 17.6 Å². The van der Waals surface area contributed by atoms with E-state index in [9.17, 15) is 0 Å². The molecule has 5 heteroatoms. The Balaban J connectivity index is 2.10. The summed E-state index contributed by atoms with van der Waals surface area (Å²) >= 11 is 2.00. The van der Waals surface area contributed by atoms with Gasteiger partial charge in [-0.25, -0.2) is 0 Å². The number of nitrogens with one attached hydrogen (secondary N) is 1. The van der Waals surface area contributed by atoms with Gasteiger partial charge in [-0.2, -0.15) is 11.8 Å². The minimum Gasteiger partial charge on any atom is -0.409 e. The summed E-state index contributed by atoms with van der Waals surface area (Å²) in [5.41, 5.74) is 5.40. The van der Waals surface area contributed by atoms with Crippen molar-refractivity contribution in [2.75, 3.05) is 19.3 Å². The smallest absolute Gasteiger partial charge is 0.139 e. The van der Waals surface area contributed by atoms with Crippen LogP contribution in [0.15, 0.2) is 5.16 Å². The van der Waals surface area contributed by atoms with Crippen LogP contribution in [0.3, 0.4) is 0 Å². The third-order valence-electron chi connectivity index (χ3n) is 3.31. The molecule has 0 radical (unpaired) electrons. The fourth-order valence-electron chi connectivity index (χ4n) is 2.23. The van der Waals surface area contributed by atoms with E-state index >= 15 is 0 Å². The third-order valence-corrected chi connectivity index (χ3v) is 4.73. The second-order valence-corrected chi connectivity index (χ2v) is 5.74. The number of thioether (sulfide) groups is 1. The quantitative estimate of drug-likeness (QED) is 0.210. The highest BCUT2D eigenvalue weighted by molar-refractivity contribution is 8.00. The van der Waals surface area contributed by atoms with Crippen molar-refractivity contribution < 1.29 is 5.21 Å². The molecule has 4 N–H and O–H groups in total. The van der Waals surface area contributed by atoms with Gasteiger partial charge in [0.05, 0.1) is 0 Å². The molecule has 0 amide bonds. The molecule has 0 aromatic heterocycles. The number of hydrogen-bond donors (Lipinski definition) is 3. The molecule has 1 aliphatic carbocycles. The fraction of sp³-hybridized carbons (Fsp3) is 0.909. The number of amidine groups is 1. The summed E-state index contributed by atoms with van der Waals surface area (Å²) in [5.74, 6) is 0.322. The minimum atomic E-state index is 0.322. The molecular formula is C11H23N3OS. The third kappa shape index (κ3) is 4.22. The maximum Gasteiger partial charge on any atom is 0.139 e. The number of nitrogens with two attached hydrogens (primary N) is 1. The molecule has 1 fully saturated rings. The van der Waals surface area contributed by atoms with Gasteiger partial charge in [0.1, 0.15) is 5.84 Å². The first kappa shape index (κ1) is 13.6. The van der Waals surface area contributed by atoms with Gasteiger partial charge in [-0.15, -0.1) is 0 Å². The average Bonchev–Trinajstić information content (AvgIpc) is 2.77. The Morgan fingerprint density at radius 3 is 2.75 bits per heavy atom. The van der Waals surface area contributed by atoms with Crippen molar-refractivity contribution in [2.24, 2.45) is 10.9 Å². The van der Waals surface area contributed by atoms with E-state index in [4.69, 9.17) is 10.9 Å². The normalized spacial score (nSPS) is 20.2. The molecule has 0 heterocycles. The molecule has 1 aliphatic rings. The maximum absolute atomic E-state index is 8.38. The molecule has 0 aromatic rings. The van der Waals surface area contributed by atoms with Crippen LogP contribution in [0.25, 0.3) is 0 Å². The van der Waals surface area contributed by atoms with Crippen LogP contribution in [0.1, 0.15) is 38.5 Å². The number of hydrogen-bond acceptors (Lipinski definition) is 4. The maximum atomic E-state index is 8.38. The molecule has 0 saturated heterocycles. The Kier molecular flexibility index (Phi) is 5.98. The Hall–Kier alpha value is -0.420. The highest BCUT2D eigenvalue weighted by atomic mass is 32.2. The van der Waals surface area contributed by atoms with Gasteiger partial charge in [-0.05, 0) is 32.1 Å². The lowest BCUT2D eigenvalue weighted by Gasteiger charge is -2.27. The highest BCUT2D eigenvalue weighted by Crippen LogP contribution is 2.39. The van der Waals surface area contributed by atoms with E-state index in [0.717, 1.165) is 19.5 Å². The topological polar surface area (TPSA) is 70.6 Å². The molecular weight excluding hydrogens is 222 g/mol. The van der Waals surface area contributed by atoms with E-state index in [2.05, 4.69) is 16.7 Å². The monoisotopic (exact) mass is 245 g/mol. The predicted molar refractivity (Wildman–Crippen MR) is 70.2 cm³/mol. The molecule has 94 valence electrons. The summed E-state index contributed by atoms with van der Waals surface area (Å²) < 4.78 is 0.469. The molecule has 0 bridgehead atoms. The fourth-order valence-corrected chi connectivity index (χ4v) is 3.18. The molecule has 0 aliphatic heterocycles. The van der Waals surface area contributed by atoms with Crippen LogP contribution in [0.4, 0.5) is 0 Å². The van der Waals surface area contributed by atoms with E-state index in [1.165, 1.54) is 25.7 Å². The standard InChI is InChI=1S/C11H23N3OS/c1-16-11(6-2-3-7-11)9-13-8-4-5-10(12)14-15/h13,15H,2-9H2,1H3,(H2,12,14). The lowest BCUT2D eigenvalue weighted by Crippen LogP contribution is -2.35. The van der Waals surface area contributed by atoms with Crippen LogP contribution in [-0.2, 0) is 0 Å². The van der Waals surface area contributed by atoms with Crippen molar-refractivity contribution in [1.29, 1.82) is 0 Å². The molecule has 1 saturated carbocycles. The predicted octanol–water partition coefficient (Wildman–Crippen LogP) is 1.78. The van der Waals surface area contributed by atoms with Crippen LogP contribution in [0.2, 0.25) is 0 Å². The van der Waals surface area contributed by atoms with Crippen molar-refractivity contribution in [1.82, 2.24) is 5.32 Å². The zero-order valence-corrected chi connectivity index (χ0v) is 10.9. The molecule has 0 aromatic carbocycles. The van der Waals surface area contributed by atoms with Crippen LogP contribution >= 0.6 is 11.8 Å². The summed E-state index contributed by atoms with van der Waals surface area (Å²) in [6.07, 6.45) is 9.21. The van der Waals surface area contributed by atoms with E-state index in [-0.39, 0.29) is 0 Å². The summed E-state index contributed by atoms with van der Waals surface area (Å²) in [7, 11) is 0. The molecule has 0 unspecified atom stereocenters. The van der Waals surface area contributed by atoms with Crippen LogP contribution in [0, 0.1) is 0 Å². The second-order valence-electron chi connectivity index (χ2n) is 4.47. The summed E-state index contributed by atoms with van der Waals surface area (Å²) in [6.45, 7) is 2.03. The molecule has 4 nitrogen and oxygen atoms in total. The average molecular weight is 245 g/mol. The summed E-state index contributed by atoms with van der Waals surface area (Å²) in [5, 5.41) is 14.8. The lowest BCUT2D eigenvalue weighted by molar-refractivity contribution is 0.316. The number of oxime groups is 1. The van der Waals surface area contributed by atoms with Crippen molar-refractivity contribution in [3.05, 3.63) is 0 Å². The van der Waals surface area contributed by atoms with Gasteiger partial charge in [-0.3, -0.25) is 0 Å². The SMILES string of the molecule is CSC1(CNCCCC(N)=NO)CCCC1. The van der Waals surface area contributed by atoms with E-state index < -0.39 is 0 Å². The van der Waals surface area contributed by atoms with Crippen LogP contribution < -0.4 is 11.1 Å².